The summed E-state index contributed by atoms with van der Waals surface area (Å²) in [6, 6.07) is 6.66. The van der Waals surface area contributed by atoms with E-state index in [1.165, 1.54) is 35.1 Å². The van der Waals surface area contributed by atoms with Gasteiger partial charge < -0.3 is 15.5 Å². The van der Waals surface area contributed by atoms with E-state index in [1.807, 2.05) is 0 Å². The van der Waals surface area contributed by atoms with Crippen molar-refractivity contribution in [2.45, 2.75) is 19.3 Å². The molecule has 3 nitrogen and oxygen atoms in total. The van der Waals surface area contributed by atoms with E-state index < -0.39 is 0 Å². The number of hydrogen-bond acceptors (Lipinski definition) is 3. The number of anilines is 1. The minimum absolute atomic E-state index is 0.710. The zero-order valence-electron chi connectivity index (χ0n) is 12.6. The second-order valence-corrected chi connectivity index (χ2v) is 6.87. The first-order chi connectivity index (χ1) is 9.60. The first-order valence-corrected chi connectivity index (χ1v) is 8.27. The minimum Gasteiger partial charge on any atom is -0.371 e. The van der Waals surface area contributed by atoms with Crippen LogP contribution >= 0.6 is 15.9 Å². The van der Waals surface area contributed by atoms with Gasteiger partial charge in [0, 0.05) is 24.1 Å². The Kier molecular flexibility index (Phi) is 5.87. The van der Waals surface area contributed by atoms with Crippen molar-refractivity contribution in [3.8, 4) is 0 Å². The highest BCUT2D eigenvalue weighted by Crippen LogP contribution is 2.31. The molecular weight excluding hydrogens is 314 g/mol. The van der Waals surface area contributed by atoms with Gasteiger partial charge in [-0.1, -0.05) is 6.07 Å². The topological polar surface area (TPSA) is 32.5 Å². The first-order valence-electron chi connectivity index (χ1n) is 7.48. The summed E-state index contributed by atoms with van der Waals surface area (Å²) >= 11 is 3.72. The average molecular weight is 340 g/mol. The Morgan fingerprint density at radius 2 is 2.00 bits per heavy atom. The molecule has 0 radical (unpaired) electrons. The second-order valence-electron chi connectivity index (χ2n) is 6.02. The summed E-state index contributed by atoms with van der Waals surface area (Å²) in [5.41, 5.74) is 8.26. The van der Waals surface area contributed by atoms with Crippen molar-refractivity contribution >= 4 is 21.6 Å². The van der Waals surface area contributed by atoms with Crippen LogP contribution in [0.5, 0.6) is 0 Å². The standard InChI is InChI=1S/C16H26BrN3/c1-19(2)12-14-6-9-20(10-7-14)16-4-3-13(5-8-18)11-15(16)17/h3-4,11,14H,5-10,12,18H2,1-2H3. The molecule has 1 aliphatic rings. The Balaban J connectivity index is 1.96. The van der Waals surface area contributed by atoms with Crippen LogP contribution < -0.4 is 10.6 Å². The van der Waals surface area contributed by atoms with Crippen molar-refractivity contribution in [1.29, 1.82) is 0 Å². The van der Waals surface area contributed by atoms with E-state index in [1.54, 1.807) is 0 Å². The molecule has 112 valence electrons. The third-order valence-corrected chi connectivity index (χ3v) is 4.66. The summed E-state index contributed by atoms with van der Waals surface area (Å²) in [4.78, 5) is 4.81. The Bertz CT molecular complexity index is 426. The quantitative estimate of drug-likeness (QED) is 0.895. The molecule has 0 unspecified atom stereocenters. The maximum Gasteiger partial charge on any atom is 0.0510 e. The smallest absolute Gasteiger partial charge is 0.0510 e. The average Bonchev–Trinajstić information content (AvgIpc) is 2.40. The van der Waals surface area contributed by atoms with Crippen LogP contribution in [0.25, 0.3) is 0 Å². The summed E-state index contributed by atoms with van der Waals surface area (Å²) in [5, 5.41) is 0. The van der Waals surface area contributed by atoms with Crippen LogP contribution in [-0.2, 0) is 6.42 Å². The van der Waals surface area contributed by atoms with E-state index in [4.69, 9.17) is 5.73 Å². The molecule has 1 saturated heterocycles. The van der Waals surface area contributed by atoms with Crippen LogP contribution in [-0.4, -0.2) is 45.2 Å². The van der Waals surface area contributed by atoms with Crippen LogP contribution in [0.2, 0.25) is 0 Å². The largest absolute Gasteiger partial charge is 0.371 e. The Morgan fingerprint density at radius 3 is 2.55 bits per heavy atom. The number of halogens is 1. The van der Waals surface area contributed by atoms with Gasteiger partial charge in [0.1, 0.15) is 0 Å². The van der Waals surface area contributed by atoms with E-state index in [0.29, 0.717) is 6.54 Å². The molecule has 0 bridgehead atoms. The van der Waals surface area contributed by atoms with Gasteiger partial charge in [-0.25, -0.2) is 0 Å². The highest BCUT2D eigenvalue weighted by molar-refractivity contribution is 9.10. The zero-order valence-corrected chi connectivity index (χ0v) is 14.2. The van der Waals surface area contributed by atoms with Crippen LogP contribution in [0.4, 0.5) is 5.69 Å². The summed E-state index contributed by atoms with van der Waals surface area (Å²) in [7, 11) is 4.33. The van der Waals surface area contributed by atoms with Gasteiger partial charge in [0.25, 0.3) is 0 Å². The fourth-order valence-electron chi connectivity index (χ4n) is 3.00. The lowest BCUT2D eigenvalue weighted by Gasteiger charge is -2.35. The number of nitrogens with two attached hydrogens (primary N) is 1. The van der Waals surface area contributed by atoms with E-state index in [0.717, 1.165) is 25.4 Å². The lowest BCUT2D eigenvalue weighted by atomic mass is 9.96. The Morgan fingerprint density at radius 1 is 1.30 bits per heavy atom. The molecule has 1 fully saturated rings. The molecular formula is C16H26BrN3. The van der Waals surface area contributed by atoms with Gasteiger partial charge in [-0.05, 0) is 79.4 Å². The van der Waals surface area contributed by atoms with E-state index in [2.05, 4.69) is 58.0 Å². The molecule has 1 aromatic rings. The Hall–Kier alpha value is -0.580. The van der Waals surface area contributed by atoms with E-state index >= 15 is 0 Å². The van der Waals surface area contributed by atoms with Crippen LogP contribution in [0.3, 0.4) is 0 Å². The Labute approximate surface area is 131 Å². The monoisotopic (exact) mass is 339 g/mol. The van der Waals surface area contributed by atoms with E-state index in [9.17, 15) is 0 Å². The van der Waals surface area contributed by atoms with E-state index in [-0.39, 0.29) is 0 Å². The van der Waals surface area contributed by atoms with Crippen LogP contribution in [0.15, 0.2) is 22.7 Å². The minimum atomic E-state index is 0.710. The van der Waals surface area contributed by atoms with Crippen molar-refractivity contribution in [2.75, 3.05) is 45.2 Å². The third-order valence-electron chi connectivity index (χ3n) is 4.02. The normalized spacial score (nSPS) is 16.9. The van der Waals surface area contributed by atoms with Crippen LogP contribution in [0.1, 0.15) is 18.4 Å². The highest BCUT2D eigenvalue weighted by Gasteiger charge is 2.21. The van der Waals surface area contributed by atoms with Crippen molar-refractivity contribution in [1.82, 2.24) is 4.90 Å². The fraction of sp³-hybridized carbons (Fsp3) is 0.625. The SMILES string of the molecule is CN(C)CC1CCN(c2ccc(CCN)cc2Br)CC1. The highest BCUT2D eigenvalue weighted by atomic mass is 79.9. The van der Waals surface area contributed by atoms with Crippen molar-refractivity contribution in [3.63, 3.8) is 0 Å². The van der Waals surface area contributed by atoms with Gasteiger partial charge in [-0.2, -0.15) is 0 Å². The zero-order chi connectivity index (χ0) is 14.5. The molecule has 1 aliphatic heterocycles. The lowest BCUT2D eigenvalue weighted by molar-refractivity contribution is 0.285. The molecule has 0 amide bonds. The third kappa shape index (κ3) is 4.21. The number of nitrogens with zero attached hydrogens (tertiary/aromatic N) is 2. The van der Waals surface area contributed by atoms with Gasteiger partial charge in [0.15, 0.2) is 0 Å². The maximum absolute atomic E-state index is 5.62. The fourth-order valence-corrected chi connectivity index (χ4v) is 3.68. The second kappa shape index (κ2) is 7.43. The summed E-state index contributed by atoms with van der Waals surface area (Å²) < 4.78 is 1.20. The summed E-state index contributed by atoms with van der Waals surface area (Å²) in [5.74, 6) is 0.844. The molecule has 4 heteroatoms. The van der Waals surface area contributed by atoms with Crippen molar-refractivity contribution in [3.05, 3.63) is 28.2 Å². The number of piperidine rings is 1. The summed E-state index contributed by atoms with van der Waals surface area (Å²) in [6.07, 6.45) is 3.52. The van der Waals surface area contributed by atoms with Gasteiger partial charge >= 0.3 is 0 Å². The molecule has 0 saturated carbocycles. The first kappa shape index (κ1) is 15.8. The van der Waals surface area contributed by atoms with Gasteiger partial charge in [-0.15, -0.1) is 0 Å². The molecule has 0 aliphatic carbocycles. The molecule has 20 heavy (non-hydrogen) atoms. The molecule has 1 aromatic carbocycles. The molecule has 0 aromatic heterocycles. The van der Waals surface area contributed by atoms with Gasteiger partial charge in [0.2, 0.25) is 0 Å². The number of rotatable bonds is 5. The summed E-state index contributed by atoms with van der Waals surface area (Å²) in [6.45, 7) is 4.24. The number of benzene rings is 1. The lowest BCUT2D eigenvalue weighted by Crippen LogP contribution is -2.37. The predicted molar refractivity (Wildman–Crippen MR) is 90.4 cm³/mol. The molecule has 0 spiro atoms. The van der Waals surface area contributed by atoms with Crippen LogP contribution in [0, 0.1) is 5.92 Å². The number of hydrogen-bond donors (Lipinski definition) is 1. The molecule has 2 N–H and O–H groups in total. The molecule has 2 rings (SSSR count). The predicted octanol–water partition coefficient (Wildman–Crippen LogP) is 2.73. The van der Waals surface area contributed by atoms with Gasteiger partial charge in [0.05, 0.1) is 5.69 Å². The van der Waals surface area contributed by atoms with Crippen molar-refractivity contribution < 1.29 is 0 Å². The maximum atomic E-state index is 5.62. The molecule has 0 atom stereocenters. The van der Waals surface area contributed by atoms with Crippen molar-refractivity contribution in [2.24, 2.45) is 11.7 Å². The van der Waals surface area contributed by atoms with Gasteiger partial charge in [-0.3, -0.25) is 0 Å². The molecule has 1 heterocycles.